The highest BCUT2D eigenvalue weighted by Gasteiger charge is 2.20. The first-order valence-electron chi connectivity index (χ1n) is 6.13. The van der Waals surface area contributed by atoms with Crippen molar-refractivity contribution in [2.24, 2.45) is 0 Å². The molecule has 0 atom stereocenters. The zero-order valence-electron chi connectivity index (χ0n) is 11.5. The van der Waals surface area contributed by atoms with E-state index in [0.29, 0.717) is 5.76 Å². The van der Waals surface area contributed by atoms with Crippen LogP contribution in [0.4, 0.5) is 10.1 Å². The maximum Gasteiger partial charge on any atom is 0.305 e. The first kappa shape index (κ1) is 14.7. The van der Waals surface area contributed by atoms with Crippen molar-refractivity contribution in [2.75, 3.05) is 7.05 Å². The summed E-state index contributed by atoms with van der Waals surface area (Å²) < 4.78 is 18.6. The number of furan rings is 1. The first-order chi connectivity index (χ1) is 9.88. The summed E-state index contributed by atoms with van der Waals surface area (Å²) in [6.45, 7) is 2.01. The Morgan fingerprint density at radius 2 is 2.10 bits per heavy atom. The highest BCUT2D eigenvalue weighted by Crippen LogP contribution is 2.20. The van der Waals surface area contributed by atoms with Crippen LogP contribution in [0.15, 0.2) is 34.7 Å². The predicted molar refractivity (Wildman–Crippen MR) is 72.3 cm³/mol. The molecule has 0 aliphatic heterocycles. The first-order valence-corrected chi connectivity index (χ1v) is 6.13. The number of nitro benzene ring substituents is 1. The molecule has 0 radical (unpaired) electrons. The molecule has 1 amide bonds. The highest BCUT2D eigenvalue weighted by molar-refractivity contribution is 5.94. The van der Waals surface area contributed by atoms with Crippen LogP contribution in [0.1, 0.15) is 21.9 Å². The summed E-state index contributed by atoms with van der Waals surface area (Å²) in [7, 11) is 1.54. The van der Waals surface area contributed by atoms with Gasteiger partial charge in [0.2, 0.25) is 5.82 Å². The van der Waals surface area contributed by atoms with Gasteiger partial charge in [-0.15, -0.1) is 0 Å². The van der Waals surface area contributed by atoms with E-state index in [1.807, 2.05) is 0 Å². The smallest absolute Gasteiger partial charge is 0.305 e. The fraction of sp³-hybridized carbons (Fsp3) is 0.214. The molecule has 0 N–H and O–H groups in total. The predicted octanol–water partition coefficient (Wildman–Crippen LogP) is 2.91. The van der Waals surface area contributed by atoms with Gasteiger partial charge in [0.05, 0.1) is 11.5 Å². The maximum absolute atomic E-state index is 13.3. The molecule has 0 saturated heterocycles. The van der Waals surface area contributed by atoms with Crippen LogP contribution in [0, 0.1) is 22.9 Å². The molecule has 1 aromatic heterocycles. The number of amides is 1. The topological polar surface area (TPSA) is 76.6 Å². The van der Waals surface area contributed by atoms with Crippen molar-refractivity contribution in [1.82, 2.24) is 4.90 Å². The summed E-state index contributed by atoms with van der Waals surface area (Å²) in [5, 5.41) is 10.7. The average Bonchev–Trinajstić information content (AvgIpc) is 2.83. The van der Waals surface area contributed by atoms with Gasteiger partial charge in [-0.1, -0.05) is 0 Å². The van der Waals surface area contributed by atoms with Gasteiger partial charge in [-0.25, -0.2) is 0 Å². The number of benzene rings is 1. The Kier molecular flexibility index (Phi) is 4.02. The zero-order valence-corrected chi connectivity index (χ0v) is 11.5. The lowest BCUT2D eigenvalue weighted by Crippen LogP contribution is -2.26. The average molecular weight is 292 g/mol. The number of hydrogen-bond acceptors (Lipinski definition) is 4. The molecule has 6 nitrogen and oxygen atoms in total. The van der Waals surface area contributed by atoms with E-state index >= 15 is 0 Å². The summed E-state index contributed by atoms with van der Waals surface area (Å²) in [5.41, 5.74) is -0.669. The molecule has 0 aliphatic rings. The van der Waals surface area contributed by atoms with Crippen molar-refractivity contribution in [3.05, 3.63) is 63.3 Å². The molecule has 1 aromatic carbocycles. The van der Waals surface area contributed by atoms with Gasteiger partial charge in [-0.05, 0) is 31.2 Å². The van der Waals surface area contributed by atoms with Crippen LogP contribution in [0.3, 0.4) is 0 Å². The molecule has 110 valence electrons. The molecule has 2 rings (SSSR count). The van der Waals surface area contributed by atoms with Gasteiger partial charge in [0, 0.05) is 18.7 Å². The van der Waals surface area contributed by atoms with Gasteiger partial charge in [-0.3, -0.25) is 14.9 Å². The van der Waals surface area contributed by atoms with Gasteiger partial charge in [0.25, 0.3) is 5.91 Å². The van der Waals surface area contributed by atoms with Gasteiger partial charge in [0.1, 0.15) is 11.5 Å². The van der Waals surface area contributed by atoms with Crippen LogP contribution in [0.25, 0.3) is 0 Å². The molecule has 0 fully saturated rings. The Bertz CT molecular complexity index is 696. The van der Waals surface area contributed by atoms with E-state index in [1.165, 1.54) is 18.0 Å². The van der Waals surface area contributed by atoms with E-state index in [1.54, 1.807) is 19.1 Å². The molecule has 0 unspecified atom stereocenters. The Hall–Kier alpha value is -2.70. The second kappa shape index (κ2) is 5.74. The molecule has 0 saturated carbocycles. The van der Waals surface area contributed by atoms with Crippen LogP contribution >= 0.6 is 0 Å². The molecule has 0 bridgehead atoms. The molecule has 2 aromatic rings. The highest BCUT2D eigenvalue weighted by atomic mass is 19.1. The number of nitrogens with zero attached hydrogens (tertiary/aromatic N) is 2. The van der Waals surface area contributed by atoms with Crippen molar-refractivity contribution < 1.29 is 18.5 Å². The number of carbonyl (C=O) groups is 1. The molecule has 0 aliphatic carbocycles. The minimum absolute atomic E-state index is 0.0499. The molecule has 7 heteroatoms. The lowest BCUT2D eigenvalue weighted by atomic mass is 10.1. The standard InChI is InChI=1S/C14H13FN2O4/c1-9-3-5-11(21-9)8-16(2)14(18)10-4-6-12(15)13(7-10)17(19)20/h3-7H,8H2,1-2H3. The summed E-state index contributed by atoms with van der Waals surface area (Å²) in [6.07, 6.45) is 0. The number of halogens is 1. The molecular weight excluding hydrogens is 279 g/mol. The molecule has 21 heavy (non-hydrogen) atoms. The van der Waals surface area contributed by atoms with E-state index in [-0.39, 0.29) is 12.1 Å². The minimum atomic E-state index is -0.971. The van der Waals surface area contributed by atoms with E-state index < -0.39 is 22.3 Å². The van der Waals surface area contributed by atoms with Crippen molar-refractivity contribution in [3.63, 3.8) is 0 Å². The number of nitro groups is 1. The van der Waals surface area contributed by atoms with E-state index in [0.717, 1.165) is 17.9 Å². The molecular formula is C14H13FN2O4. The van der Waals surface area contributed by atoms with E-state index in [2.05, 4.69) is 0 Å². The Morgan fingerprint density at radius 3 is 2.67 bits per heavy atom. The third-order valence-corrected chi connectivity index (χ3v) is 2.93. The van der Waals surface area contributed by atoms with Crippen molar-refractivity contribution in [2.45, 2.75) is 13.5 Å². The Balaban J connectivity index is 2.19. The van der Waals surface area contributed by atoms with Crippen molar-refractivity contribution in [1.29, 1.82) is 0 Å². The third kappa shape index (κ3) is 3.25. The van der Waals surface area contributed by atoms with E-state index in [4.69, 9.17) is 4.42 Å². The van der Waals surface area contributed by atoms with Crippen LogP contribution in [0.2, 0.25) is 0 Å². The van der Waals surface area contributed by atoms with Gasteiger partial charge < -0.3 is 9.32 Å². The van der Waals surface area contributed by atoms with Gasteiger partial charge in [0.15, 0.2) is 0 Å². The fourth-order valence-corrected chi connectivity index (χ4v) is 1.88. The summed E-state index contributed by atoms with van der Waals surface area (Å²) in [5.74, 6) is -0.101. The Morgan fingerprint density at radius 1 is 1.38 bits per heavy atom. The SMILES string of the molecule is Cc1ccc(CN(C)C(=O)c2ccc(F)c([N+](=O)[O-])c2)o1. The number of carbonyl (C=O) groups excluding carboxylic acids is 1. The monoisotopic (exact) mass is 292 g/mol. The summed E-state index contributed by atoms with van der Waals surface area (Å²) in [4.78, 5) is 23.4. The minimum Gasteiger partial charge on any atom is -0.464 e. The number of rotatable bonds is 4. The third-order valence-electron chi connectivity index (χ3n) is 2.93. The maximum atomic E-state index is 13.3. The zero-order chi connectivity index (χ0) is 15.6. The number of aryl methyl sites for hydroxylation is 1. The van der Waals surface area contributed by atoms with Crippen LogP contribution in [-0.4, -0.2) is 22.8 Å². The fourth-order valence-electron chi connectivity index (χ4n) is 1.88. The molecule has 1 heterocycles. The van der Waals surface area contributed by atoms with Crippen molar-refractivity contribution >= 4 is 11.6 Å². The van der Waals surface area contributed by atoms with Crippen molar-refractivity contribution in [3.8, 4) is 0 Å². The second-order valence-electron chi connectivity index (χ2n) is 4.60. The Labute approximate surface area is 119 Å². The quantitative estimate of drug-likeness (QED) is 0.641. The van der Waals surface area contributed by atoms with Crippen LogP contribution < -0.4 is 0 Å². The van der Waals surface area contributed by atoms with Gasteiger partial charge >= 0.3 is 5.69 Å². The van der Waals surface area contributed by atoms with Gasteiger partial charge in [-0.2, -0.15) is 4.39 Å². The van der Waals surface area contributed by atoms with E-state index in [9.17, 15) is 19.3 Å². The lowest BCUT2D eigenvalue weighted by molar-refractivity contribution is -0.387. The lowest BCUT2D eigenvalue weighted by Gasteiger charge is -2.15. The van der Waals surface area contributed by atoms with Crippen LogP contribution in [0.5, 0.6) is 0 Å². The largest absolute Gasteiger partial charge is 0.464 e. The van der Waals surface area contributed by atoms with Crippen LogP contribution in [-0.2, 0) is 6.54 Å². The summed E-state index contributed by atoms with van der Waals surface area (Å²) in [6, 6.07) is 6.58. The molecule has 0 spiro atoms. The second-order valence-corrected chi connectivity index (χ2v) is 4.60. The normalized spacial score (nSPS) is 10.4. The summed E-state index contributed by atoms with van der Waals surface area (Å²) >= 11 is 0. The number of hydrogen-bond donors (Lipinski definition) is 0.